The molecular weight excluding hydrogens is 246 g/mol. The van der Waals surface area contributed by atoms with Gasteiger partial charge >= 0.3 is 0 Å². The van der Waals surface area contributed by atoms with Crippen LogP contribution in [0, 0.1) is 6.92 Å². The molecule has 0 aliphatic heterocycles. The summed E-state index contributed by atoms with van der Waals surface area (Å²) >= 11 is 0. The van der Waals surface area contributed by atoms with Crippen molar-refractivity contribution in [2.24, 2.45) is 5.73 Å². The van der Waals surface area contributed by atoms with Crippen molar-refractivity contribution in [1.29, 1.82) is 0 Å². The van der Waals surface area contributed by atoms with Gasteiger partial charge in [-0.1, -0.05) is 6.07 Å². The number of hydrogen-bond donors (Lipinski definition) is 2. The lowest BCUT2D eigenvalue weighted by Gasteiger charge is -2.14. The fourth-order valence-electron chi connectivity index (χ4n) is 1.63. The summed E-state index contributed by atoms with van der Waals surface area (Å²) < 4.78 is 4.83. The highest BCUT2D eigenvalue weighted by molar-refractivity contribution is 5.78. The molecule has 1 aromatic rings. The third-order valence-electron chi connectivity index (χ3n) is 2.50. The molecule has 0 bridgehead atoms. The zero-order valence-electron chi connectivity index (χ0n) is 11.2. The average molecular weight is 265 g/mol. The lowest BCUT2D eigenvalue weighted by molar-refractivity contribution is -0.129. The summed E-state index contributed by atoms with van der Waals surface area (Å²) in [6.07, 6.45) is 2.38. The van der Waals surface area contributed by atoms with E-state index in [0.29, 0.717) is 6.42 Å². The maximum atomic E-state index is 11.5. The number of ether oxygens (including phenoxy) is 1. The van der Waals surface area contributed by atoms with Crippen molar-refractivity contribution >= 4 is 11.8 Å². The number of aromatic nitrogens is 1. The molecule has 0 fully saturated rings. The Morgan fingerprint density at radius 1 is 1.47 bits per heavy atom. The molecule has 0 saturated heterocycles. The van der Waals surface area contributed by atoms with Gasteiger partial charge in [-0.25, -0.2) is 0 Å². The Morgan fingerprint density at radius 3 is 2.84 bits per heavy atom. The number of nitrogens with zero attached hydrogens (tertiary/aromatic N) is 1. The fraction of sp³-hybridized carbons (Fsp3) is 0.462. The van der Waals surface area contributed by atoms with Gasteiger partial charge in [-0.2, -0.15) is 0 Å². The van der Waals surface area contributed by atoms with Gasteiger partial charge in [0.2, 0.25) is 11.8 Å². The van der Waals surface area contributed by atoms with Gasteiger partial charge in [0.25, 0.3) is 0 Å². The number of nitrogens with one attached hydrogen (secondary N) is 1. The largest absolute Gasteiger partial charge is 0.368 e. The Bertz CT molecular complexity index is 449. The van der Waals surface area contributed by atoms with E-state index in [1.807, 2.05) is 26.0 Å². The standard InChI is InChI=1S/C13H19N3O3/c1-9-4-3-5-15-11(9)6-10(2)16-13(18)8-19-7-12(14)17/h3-5,10H,6-8H2,1-2H3,(H2,14,17)(H,16,18)/t10-/m1/s1. The molecule has 0 unspecified atom stereocenters. The molecule has 0 aromatic carbocycles. The summed E-state index contributed by atoms with van der Waals surface area (Å²) in [6, 6.07) is 3.80. The Morgan fingerprint density at radius 2 is 2.21 bits per heavy atom. The number of aryl methyl sites for hydroxylation is 1. The first-order chi connectivity index (χ1) is 8.99. The van der Waals surface area contributed by atoms with E-state index in [2.05, 4.69) is 10.3 Å². The summed E-state index contributed by atoms with van der Waals surface area (Å²) in [6.45, 7) is 3.45. The SMILES string of the molecule is Cc1cccnc1C[C@@H](C)NC(=O)COCC(N)=O. The van der Waals surface area contributed by atoms with Crippen molar-refractivity contribution in [3.05, 3.63) is 29.6 Å². The first-order valence-corrected chi connectivity index (χ1v) is 6.05. The number of carbonyl (C=O) groups is 2. The molecule has 1 heterocycles. The van der Waals surface area contributed by atoms with Crippen molar-refractivity contribution in [1.82, 2.24) is 10.3 Å². The van der Waals surface area contributed by atoms with Crippen LogP contribution in [0.4, 0.5) is 0 Å². The van der Waals surface area contributed by atoms with E-state index >= 15 is 0 Å². The number of amides is 2. The van der Waals surface area contributed by atoms with Crippen LogP contribution in [-0.2, 0) is 20.7 Å². The molecule has 6 nitrogen and oxygen atoms in total. The minimum Gasteiger partial charge on any atom is -0.368 e. The topological polar surface area (TPSA) is 94.3 Å². The third kappa shape index (κ3) is 5.96. The van der Waals surface area contributed by atoms with E-state index in [0.717, 1.165) is 11.3 Å². The van der Waals surface area contributed by atoms with E-state index in [-0.39, 0.29) is 25.2 Å². The van der Waals surface area contributed by atoms with Gasteiger partial charge in [0.05, 0.1) is 0 Å². The number of hydrogen-bond acceptors (Lipinski definition) is 4. The lowest BCUT2D eigenvalue weighted by atomic mass is 10.1. The Balaban J connectivity index is 2.34. The van der Waals surface area contributed by atoms with Crippen molar-refractivity contribution < 1.29 is 14.3 Å². The van der Waals surface area contributed by atoms with Gasteiger partial charge in [0.15, 0.2) is 0 Å². The van der Waals surface area contributed by atoms with Gasteiger partial charge in [0.1, 0.15) is 13.2 Å². The minimum absolute atomic E-state index is 0.0571. The maximum Gasteiger partial charge on any atom is 0.246 e. The van der Waals surface area contributed by atoms with Gasteiger partial charge in [-0.05, 0) is 25.5 Å². The predicted octanol–water partition coefficient (Wildman–Crippen LogP) is -0.0609. The lowest BCUT2D eigenvalue weighted by Crippen LogP contribution is -2.37. The Hall–Kier alpha value is -1.95. The molecule has 0 aliphatic rings. The zero-order chi connectivity index (χ0) is 14.3. The molecule has 0 spiro atoms. The molecule has 104 valence electrons. The monoisotopic (exact) mass is 265 g/mol. The van der Waals surface area contributed by atoms with Crippen LogP contribution >= 0.6 is 0 Å². The molecule has 0 saturated carbocycles. The van der Waals surface area contributed by atoms with Crippen LogP contribution in [0.2, 0.25) is 0 Å². The molecular formula is C13H19N3O3. The number of rotatable bonds is 7. The van der Waals surface area contributed by atoms with Crippen molar-refractivity contribution in [2.45, 2.75) is 26.3 Å². The van der Waals surface area contributed by atoms with Gasteiger partial charge < -0.3 is 15.8 Å². The highest BCUT2D eigenvalue weighted by Gasteiger charge is 2.10. The second-order valence-corrected chi connectivity index (χ2v) is 4.40. The van der Waals surface area contributed by atoms with E-state index in [9.17, 15) is 9.59 Å². The quantitative estimate of drug-likeness (QED) is 0.722. The van der Waals surface area contributed by atoms with Crippen LogP contribution in [0.3, 0.4) is 0 Å². The van der Waals surface area contributed by atoms with Crippen LogP contribution in [0.5, 0.6) is 0 Å². The minimum atomic E-state index is -0.593. The highest BCUT2D eigenvalue weighted by Crippen LogP contribution is 2.06. The summed E-state index contributed by atoms with van der Waals surface area (Å²) in [7, 11) is 0. The molecule has 1 atom stereocenters. The molecule has 0 radical (unpaired) electrons. The van der Waals surface area contributed by atoms with Crippen LogP contribution in [-0.4, -0.2) is 36.1 Å². The summed E-state index contributed by atoms with van der Waals surface area (Å²) in [4.78, 5) is 26.2. The molecule has 3 N–H and O–H groups in total. The van der Waals surface area contributed by atoms with Crippen molar-refractivity contribution in [3.8, 4) is 0 Å². The molecule has 1 aromatic heterocycles. The van der Waals surface area contributed by atoms with Crippen LogP contribution in [0.1, 0.15) is 18.2 Å². The number of pyridine rings is 1. The van der Waals surface area contributed by atoms with Crippen molar-refractivity contribution in [2.75, 3.05) is 13.2 Å². The molecule has 19 heavy (non-hydrogen) atoms. The smallest absolute Gasteiger partial charge is 0.246 e. The highest BCUT2D eigenvalue weighted by atomic mass is 16.5. The Labute approximate surface area is 112 Å². The molecule has 1 rings (SSSR count). The summed E-state index contributed by atoms with van der Waals surface area (Å²) in [5, 5.41) is 2.77. The van der Waals surface area contributed by atoms with E-state index in [4.69, 9.17) is 10.5 Å². The third-order valence-corrected chi connectivity index (χ3v) is 2.50. The summed E-state index contributed by atoms with van der Waals surface area (Å²) in [5.41, 5.74) is 6.94. The predicted molar refractivity (Wildman–Crippen MR) is 70.3 cm³/mol. The van der Waals surface area contributed by atoms with Gasteiger partial charge in [0, 0.05) is 24.4 Å². The first-order valence-electron chi connectivity index (χ1n) is 6.05. The van der Waals surface area contributed by atoms with E-state index < -0.39 is 5.91 Å². The van der Waals surface area contributed by atoms with E-state index in [1.165, 1.54) is 0 Å². The number of nitrogens with two attached hydrogens (primary N) is 1. The van der Waals surface area contributed by atoms with E-state index in [1.54, 1.807) is 6.20 Å². The van der Waals surface area contributed by atoms with Crippen LogP contribution < -0.4 is 11.1 Å². The van der Waals surface area contributed by atoms with Gasteiger partial charge in [-0.15, -0.1) is 0 Å². The molecule has 0 aliphatic carbocycles. The fourth-order valence-corrected chi connectivity index (χ4v) is 1.63. The first kappa shape index (κ1) is 15.1. The molecule has 2 amide bonds. The van der Waals surface area contributed by atoms with Crippen LogP contribution in [0.25, 0.3) is 0 Å². The second-order valence-electron chi connectivity index (χ2n) is 4.40. The molecule has 6 heteroatoms. The maximum absolute atomic E-state index is 11.5. The number of primary amides is 1. The zero-order valence-corrected chi connectivity index (χ0v) is 11.2. The average Bonchev–Trinajstić information content (AvgIpc) is 2.31. The second kappa shape index (κ2) is 7.48. The Kier molecular flexibility index (Phi) is 5.95. The van der Waals surface area contributed by atoms with Gasteiger partial charge in [-0.3, -0.25) is 14.6 Å². The normalized spacial score (nSPS) is 11.9. The summed E-state index contributed by atoms with van der Waals surface area (Å²) in [5.74, 6) is -0.868. The van der Waals surface area contributed by atoms with Crippen LogP contribution in [0.15, 0.2) is 18.3 Å². The van der Waals surface area contributed by atoms with Crippen molar-refractivity contribution in [3.63, 3.8) is 0 Å². The number of carbonyl (C=O) groups excluding carboxylic acids is 2.